The number of likely N-dealkylation sites (tertiary alicyclic amines) is 1. The number of anilines is 1. The van der Waals surface area contributed by atoms with Crippen LogP contribution in [0.1, 0.15) is 44.9 Å². The van der Waals surface area contributed by atoms with Gasteiger partial charge in [-0.3, -0.25) is 9.69 Å². The maximum atomic E-state index is 12.9. The highest BCUT2D eigenvalue weighted by Crippen LogP contribution is 2.24. The number of carbonyl (C=O) groups excluding carboxylic acids is 2. The van der Waals surface area contributed by atoms with E-state index in [2.05, 4.69) is 20.9 Å². The summed E-state index contributed by atoms with van der Waals surface area (Å²) in [6, 6.07) is 12.0. The lowest BCUT2D eigenvalue weighted by Crippen LogP contribution is -2.52. The standard InChI is InChI=1S/C23H32N4O3/c1-17(2)21(26-23(29)25-18-10-5-3-6-11-18)22(28)24-16-19(20-12-9-15-30-20)27-13-7-4-8-14-27/h3,5-6,9-12,15,17,19,21H,4,7-8,13-14,16H2,1-2H3,(H,24,28)(H2,25,26,29). The van der Waals surface area contributed by atoms with Crippen molar-refractivity contribution >= 4 is 17.6 Å². The van der Waals surface area contributed by atoms with Crippen molar-refractivity contribution in [1.82, 2.24) is 15.5 Å². The molecular weight excluding hydrogens is 380 g/mol. The van der Waals surface area contributed by atoms with Crippen LogP contribution in [0.4, 0.5) is 10.5 Å². The van der Waals surface area contributed by atoms with Crippen molar-refractivity contribution in [3.8, 4) is 0 Å². The molecule has 1 aliphatic heterocycles. The fraction of sp³-hybridized carbons (Fsp3) is 0.478. The van der Waals surface area contributed by atoms with Gasteiger partial charge in [0.1, 0.15) is 11.8 Å². The summed E-state index contributed by atoms with van der Waals surface area (Å²) in [4.78, 5) is 27.7. The van der Waals surface area contributed by atoms with Crippen LogP contribution in [-0.4, -0.2) is 42.5 Å². The van der Waals surface area contributed by atoms with Crippen molar-refractivity contribution in [2.24, 2.45) is 5.92 Å². The van der Waals surface area contributed by atoms with Crippen molar-refractivity contribution in [2.75, 3.05) is 25.0 Å². The first-order chi connectivity index (χ1) is 14.5. The zero-order chi connectivity index (χ0) is 21.3. The van der Waals surface area contributed by atoms with Gasteiger partial charge >= 0.3 is 6.03 Å². The molecule has 30 heavy (non-hydrogen) atoms. The Bertz CT molecular complexity index is 786. The van der Waals surface area contributed by atoms with E-state index in [1.54, 1.807) is 18.4 Å². The average molecular weight is 413 g/mol. The molecule has 0 bridgehead atoms. The summed E-state index contributed by atoms with van der Waals surface area (Å²) >= 11 is 0. The Morgan fingerprint density at radius 3 is 2.40 bits per heavy atom. The van der Waals surface area contributed by atoms with Gasteiger partial charge in [0.25, 0.3) is 0 Å². The number of hydrogen-bond donors (Lipinski definition) is 3. The Morgan fingerprint density at radius 1 is 1.03 bits per heavy atom. The van der Waals surface area contributed by atoms with Crippen LogP contribution in [0.5, 0.6) is 0 Å². The highest BCUT2D eigenvalue weighted by Gasteiger charge is 2.28. The molecule has 1 aliphatic rings. The predicted molar refractivity (Wildman–Crippen MR) is 117 cm³/mol. The predicted octanol–water partition coefficient (Wildman–Crippen LogP) is 3.77. The van der Waals surface area contributed by atoms with E-state index in [0.717, 1.165) is 31.7 Å². The highest BCUT2D eigenvalue weighted by molar-refractivity contribution is 5.93. The minimum absolute atomic E-state index is 0.00444. The van der Waals surface area contributed by atoms with Crippen LogP contribution < -0.4 is 16.0 Å². The molecule has 0 radical (unpaired) electrons. The molecule has 0 aliphatic carbocycles. The summed E-state index contributed by atoms with van der Waals surface area (Å²) < 4.78 is 5.65. The first kappa shape index (κ1) is 21.9. The maximum absolute atomic E-state index is 12.9. The lowest BCUT2D eigenvalue weighted by molar-refractivity contribution is -0.124. The molecule has 7 nitrogen and oxygen atoms in total. The minimum Gasteiger partial charge on any atom is -0.468 e. The molecule has 162 valence electrons. The van der Waals surface area contributed by atoms with Crippen LogP contribution >= 0.6 is 0 Å². The summed E-state index contributed by atoms with van der Waals surface area (Å²) in [5.74, 6) is 0.610. The molecule has 3 N–H and O–H groups in total. The van der Waals surface area contributed by atoms with Crippen LogP contribution in [0.3, 0.4) is 0 Å². The van der Waals surface area contributed by atoms with Crippen molar-refractivity contribution in [2.45, 2.75) is 45.2 Å². The topological polar surface area (TPSA) is 86.6 Å². The summed E-state index contributed by atoms with van der Waals surface area (Å²) in [6.45, 7) is 6.26. The summed E-state index contributed by atoms with van der Waals surface area (Å²) in [6.07, 6.45) is 5.21. The van der Waals surface area contributed by atoms with Crippen LogP contribution in [0, 0.1) is 5.92 Å². The number of urea groups is 1. The van der Waals surface area contributed by atoms with E-state index in [4.69, 9.17) is 4.42 Å². The van der Waals surface area contributed by atoms with Gasteiger partial charge in [-0.15, -0.1) is 0 Å². The monoisotopic (exact) mass is 412 g/mol. The number of para-hydroxylation sites is 1. The van der Waals surface area contributed by atoms with Crippen molar-refractivity contribution in [3.05, 3.63) is 54.5 Å². The number of nitrogens with one attached hydrogen (secondary N) is 3. The van der Waals surface area contributed by atoms with Crippen LogP contribution in [0.15, 0.2) is 53.1 Å². The molecule has 2 heterocycles. The van der Waals surface area contributed by atoms with Gasteiger partial charge in [-0.25, -0.2) is 4.79 Å². The molecule has 0 spiro atoms. The van der Waals surface area contributed by atoms with Crippen molar-refractivity contribution < 1.29 is 14.0 Å². The zero-order valence-corrected chi connectivity index (χ0v) is 17.8. The lowest BCUT2D eigenvalue weighted by atomic mass is 10.0. The molecule has 1 aromatic heterocycles. The highest BCUT2D eigenvalue weighted by atomic mass is 16.3. The largest absolute Gasteiger partial charge is 0.468 e. The number of rotatable bonds is 8. The van der Waals surface area contributed by atoms with Gasteiger partial charge in [0.2, 0.25) is 5.91 Å². The van der Waals surface area contributed by atoms with Crippen LogP contribution in [0.2, 0.25) is 0 Å². The smallest absolute Gasteiger partial charge is 0.319 e. The Balaban J connectivity index is 1.59. The molecule has 0 saturated carbocycles. The molecular formula is C23H32N4O3. The second-order valence-electron chi connectivity index (χ2n) is 8.06. The zero-order valence-electron chi connectivity index (χ0n) is 17.8. The lowest BCUT2D eigenvalue weighted by Gasteiger charge is -2.34. The number of amides is 3. The van der Waals surface area contributed by atoms with Gasteiger partial charge < -0.3 is 20.4 Å². The quantitative estimate of drug-likeness (QED) is 0.616. The average Bonchev–Trinajstić information content (AvgIpc) is 3.28. The molecule has 2 unspecified atom stereocenters. The SMILES string of the molecule is CC(C)C(NC(=O)Nc1ccccc1)C(=O)NCC(c1ccco1)N1CCCCC1. The first-order valence-corrected chi connectivity index (χ1v) is 10.7. The molecule has 1 fully saturated rings. The number of carbonyl (C=O) groups is 2. The van der Waals surface area contributed by atoms with E-state index < -0.39 is 12.1 Å². The van der Waals surface area contributed by atoms with Crippen LogP contribution in [-0.2, 0) is 4.79 Å². The first-order valence-electron chi connectivity index (χ1n) is 10.7. The van der Waals surface area contributed by atoms with E-state index in [0.29, 0.717) is 12.2 Å². The number of benzene rings is 1. The summed E-state index contributed by atoms with van der Waals surface area (Å²) in [7, 11) is 0. The molecule has 2 atom stereocenters. The van der Waals surface area contributed by atoms with Crippen molar-refractivity contribution in [3.63, 3.8) is 0 Å². The van der Waals surface area contributed by atoms with Crippen molar-refractivity contribution in [1.29, 1.82) is 0 Å². The van der Waals surface area contributed by atoms with Gasteiger partial charge in [0.15, 0.2) is 0 Å². The fourth-order valence-corrected chi connectivity index (χ4v) is 3.79. The van der Waals surface area contributed by atoms with Gasteiger partial charge in [0, 0.05) is 12.2 Å². The molecule has 7 heteroatoms. The Morgan fingerprint density at radius 2 is 1.77 bits per heavy atom. The Labute approximate surface area is 178 Å². The van der Waals surface area contributed by atoms with Gasteiger partial charge in [-0.1, -0.05) is 38.5 Å². The number of furan rings is 1. The third-order valence-electron chi connectivity index (χ3n) is 5.44. The molecule has 1 saturated heterocycles. The van der Waals surface area contributed by atoms with E-state index >= 15 is 0 Å². The molecule has 1 aromatic carbocycles. The third kappa shape index (κ3) is 6.10. The normalized spacial score (nSPS) is 16.6. The van der Waals surface area contributed by atoms with E-state index in [1.807, 2.05) is 44.2 Å². The van der Waals surface area contributed by atoms with Gasteiger partial charge in [-0.2, -0.15) is 0 Å². The third-order valence-corrected chi connectivity index (χ3v) is 5.44. The van der Waals surface area contributed by atoms with E-state index in [1.165, 1.54) is 6.42 Å². The molecule has 2 aromatic rings. The van der Waals surface area contributed by atoms with Gasteiger partial charge in [-0.05, 0) is 56.1 Å². The molecule has 3 rings (SSSR count). The number of nitrogens with zero attached hydrogens (tertiary/aromatic N) is 1. The van der Waals surface area contributed by atoms with E-state index in [-0.39, 0.29) is 17.9 Å². The molecule has 3 amide bonds. The van der Waals surface area contributed by atoms with Gasteiger partial charge in [0.05, 0.1) is 12.3 Å². The Kier molecular flexibility index (Phi) is 7.90. The van der Waals surface area contributed by atoms with Crippen LogP contribution in [0.25, 0.3) is 0 Å². The fourth-order valence-electron chi connectivity index (χ4n) is 3.79. The maximum Gasteiger partial charge on any atom is 0.319 e. The number of piperidine rings is 1. The Hall–Kier alpha value is -2.80. The van der Waals surface area contributed by atoms with E-state index in [9.17, 15) is 9.59 Å². The minimum atomic E-state index is -0.632. The number of hydrogen-bond acceptors (Lipinski definition) is 4. The summed E-state index contributed by atoms with van der Waals surface area (Å²) in [5, 5.41) is 8.61. The summed E-state index contributed by atoms with van der Waals surface area (Å²) in [5.41, 5.74) is 0.681. The second kappa shape index (κ2) is 10.8. The second-order valence-corrected chi connectivity index (χ2v) is 8.06.